The monoisotopic (exact) mass is 310 g/mol. The fraction of sp³-hybridized carbons (Fsp3) is 0.0556. The second kappa shape index (κ2) is 5.61. The van der Waals surface area contributed by atoms with E-state index in [2.05, 4.69) is 0 Å². The summed E-state index contributed by atoms with van der Waals surface area (Å²) in [5.41, 5.74) is 0.253. The Morgan fingerprint density at radius 3 is 2.39 bits per heavy atom. The van der Waals surface area contributed by atoms with Crippen molar-refractivity contribution in [3.8, 4) is 0 Å². The minimum atomic E-state index is -1.62. The number of rotatable bonds is 4. The van der Waals surface area contributed by atoms with E-state index < -0.39 is 24.0 Å². The highest BCUT2D eigenvalue weighted by molar-refractivity contribution is 6.37. The number of hydrogen-bond donors (Lipinski definition) is 1. The maximum atomic E-state index is 13.8. The Balaban J connectivity index is 2.06. The topological polar surface area (TPSA) is 71.4 Å². The van der Waals surface area contributed by atoms with Gasteiger partial charge in [-0.15, -0.1) is 0 Å². The summed E-state index contributed by atoms with van der Waals surface area (Å²) in [4.78, 5) is 33.6. The lowest BCUT2D eigenvalue weighted by molar-refractivity contribution is -0.148. The number of carboxylic acid groups (broad SMARTS) is 1. The molecule has 0 aliphatic carbocycles. The maximum absolute atomic E-state index is 13.8. The second-order valence-electron chi connectivity index (χ2n) is 5.16. The summed E-state index contributed by atoms with van der Waals surface area (Å²) in [5, 5.41) is 11.3. The van der Waals surface area contributed by atoms with Gasteiger partial charge in [0.15, 0.2) is 5.78 Å². The predicted molar refractivity (Wildman–Crippen MR) is 83.0 cm³/mol. The number of carbonyl (C=O) groups is 3. The summed E-state index contributed by atoms with van der Waals surface area (Å²) in [6.45, 7) is 0. The van der Waals surface area contributed by atoms with Gasteiger partial charge in [0.1, 0.15) is 5.82 Å². The third-order valence-corrected chi connectivity index (χ3v) is 3.71. The van der Waals surface area contributed by atoms with Gasteiger partial charge < -0.3 is 5.11 Å². The van der Waals surface area contributed by atoms with Gasteiger partial charge in [-0.25, -0.2) is 9.18 Å². The second-order valence-corrected chi connectivity index (χ2v) is 5.16. The molecule has 0 spiro atoms. The lowest BCUT2D eigenvalue weighted by Gasteiger charge is -2.06. The Hall–Kier alpha value is -3.08. The molecule has 3 rings (SSSR count). The SMILES string of the molecule is O=C(O)C(=O)CC(=O)c1ccc2c(ccc3c(F)cccc32)c1. The van der Waals surface area contributed by atoms with Crippen LogP contribution in [0.1, 0.15) is 16.8 Å². The molecule has 0 atom stereocenters. The van der Waals surface area contributed by atoms with Gasteiger partial charge in [-0.1, -0.05) is 36.4 Å². The first-order valence-corrected chi connectivity index (χ1v) is 6.87. The van der Waals surface area contributed by atoms with Crippen LogP contribution in [0.25, 0.3) is 21.5 Å². The molecule has 0 aliphatic rings. The number of fused-ring (bicyclic) bond motifs is 3. The van der Waals surface area contributed by atoms with E-state index >= 15 is 0 Å². The van der Waals surface area contributed by atoms with E-state index in [1.807, 2.05) is 0 Å². The predicted octanol–water partition coefficient (Wildman–Crippen LogP) is 3.36. The standard InChI is InChI=1S/C18H11FO4/c19-15-3-1-2-13-12-6-5-11(8-10(12)4-7-14(13)15)16(20)9-17(21)18(22)23/h1-8H,9H2,(H,22,23). The Kier molecular flexibility index (Phi) is 3.62. The molecular weight excluding hydrogens is 299 g/mol. The molecule has 23 heavy (non-hydrogen) atoms. The number of ketones is 2. The molecule has 1 N–H and O–H groups in total. The maximum Gasteiger partial charge on any atom is 0.372 e. The number of halogens is 1. The highest BCUT2D eigenvalue weighted by Crippen LogP contribution is 2.28. The van der Waals surface area contributed by atoms with Crippen molar-refractivity contribution in [2.24, 2.45) is 0 Å². The first-order chi connectivity index (χ1) is 11.0. The van der Waals surface area contributed by atoms with Gasteiger partial charge in [0, 0.05) is 10.9 Å². The van der Waals surface area contributed by atoms with Crippen LogP contribution >= 0.6 is 0 Å². The van der Waals surface area contributed by atoms with Crippen LogP contribution in [-0.4, -0.2) is 22.6 Å². The molecular formula is C18H11FO4. The van der Waals surface area contributed by atoms with Crippen LogP contribution in [-0.2, 0) is 9.59 Å². The third-order valence-electron chi connectivity index (χ3n) is 3.71. The van der Waals surface area contributed by atoms with Crippen molar-refractivity contribution in [1.82, 2.24) is 0 Å². The van der Waals surface area contributed by atoms with E-state index in [4.69, 9.17) is 5.11 Å². The molecule has 0 saturated carbocycles. The van der Waals surface area contributed by atoms with E-state index in [1.165, 1.54) is 12.1 Å². The summed E-state index contributed by atoms with van der Waals surface area (Å²) in [6, 6.07) is 12.9. The summed E-state index contributed by atoms with van der Waals surface area (Å²) >= 11 is 0. The molecule has 0 bridgehead atoms. The summed E-state index contributed by atoms with van der Waals surface area (Å²) in [7, 11) is 0. The van der Waals surface area contributed by atoms with Crippen molar-refractivity contribution in [3.63, 3.8) is 0 Å². The van der Waals surface area contributed by atoms with Gasteiger partial charge in [0.05, 0.1) is 6.42 Å². The molecule has 0 heterocycles. The first-order valence-electron chi connectivity index (χ1n) is 6.87. The molecule has 0 saturated heterocycles. The molecule has 0 amide bonds. The Morgan fingerprint density at radius 1 is 0.913 bits per heavy atom. The van der Waals surface area contributed by atoms with Crippen molar-refractivity contribution < 1.29 is 23.9 Å². The normalized spacial score (nSPS) is 10.8. The lowest BCUT2D eigenvalue weighted by Crippen LogP contribution is -2.17. The Morgan fingerprint density at radius 2 is 1.65 bits per heavy atom. The molecule has 3 aromatic rings. The molecule has 5 heteroatoms. The quantitative estimate of drug-likeness (QED) is 0.347. The molecule has 114 valence electrons. The zero-order valence-electron chi connectivity index (χ0n) is 11.9. The third kappa shape index (κ3) is 2.68. The van der Waals surface area contributed by atoms with E-state index in [0.717, 1.165) is 16.2 Å². The van der Waals surface area contributed by atoms with Crippen molar-refractivity contribution in [3.05, 3.63) is 59.9 Å². The highest BCUT2D eigenvalue weighted by atomic mass is 19.1. The number of carboxylic acids is 1. The Labute approximate surface area is 130 Å². The van der Waals surface area contributed by atoms with E-state index in [9.17, 15) is 18.8 Å². The number of aliphatic carboxylic acids is 1. The molecule has 0 fully saturated rings. The minimum absolute atomic E-state index is 0.253. The number of carbonyl (C=O) groups excluding carboxylic acids is 2. The minimum Gasteiger partial charge on any atom is -0.475 e. The number of hydrogen-bond acceptors (Lipinski definition) is 3. The van der Waals surface area contributed by atoms with Crippen LogP contribution in [0.3, 0.4) is 0 Å². The van der Waals surface area contributed by atoms with Crippen molar-refractivity contribution in [1.29, 1.82) is 0 Å². The van der Waals surface area contributed by atoms with E-state index in [0.29, 0.717) is 5.39 Å². The summed E-state index contributed by atoms with van der Waals surface area (Å²) in [5.74, 6) is -3.65. The molecule has 0 aromatic heterocycles. The number of benzene rings is 3. The van der Waals surface area contributed by atoms with Crippen LogP contribution in [0.15, 0.2) is 48.5 Å². The average molecular weight is 310 g/mol. The zero-order valence-corrected chi connectivity index (χ0v) is 11.9. The molecule has 0 unspecified atom stereocenters. The average Bonchev–Trinajstić information content (AvgIpc) is 2.54. The summed E-state index contributed by atoms with van der Waals surface area (Å²) < 4.78 is 13.8. The number of Topliss-reactive ketones (excluding diaryl/α,β-unsaturated/α-hetero) is 2. The van der Waals surface area contributed by atoms with Gasteiger partial charge in [0.2, 0.25) is 5.78 Å². The molecule has 3 aromatic carbocycles. The molecule has 0 radical (unpaired) electrons. The van der Waals surface area contributed by atoms with Gasteiger partial charge in [0.25, 0.3) is 0 Å². The smallest absolute Gasteiger partial charge is 0.372 e. The van der Waals surface area contributed by atoms with Crippen LogP contribution in [0.4, 0.5) is 4.39 Å². The summed E-state index contributed by atoms with van der Waals surface area (Å²) in [6.07, 6.45) is -0.678. The fourth-order valence-electron chi connectivity index (χ4n) is 2.56. The van der Waals surface area contributed by atoms with E-state index in [-0.39, 0.29) is 11.4 Å². The van der Waals surface area contributed by atoms with Gasteiger partial charge in [-0.2, -0.15) is 0 Å². The van der Waals surface area contributed by atoms with Crippen molar-refractivity contribution in [2.45, 2.75) is 6.42 Å². The van der Waals surface area contributed by atoms with Crippen molar-refractivity contribution in [2.75, 3.05) is 0 Å². The molecule has 0 aliphatic heterocycles. The molecule has 4 nitrogen and oxygen atoms in total. The lowest BCUT2D eigenvalue weighted by atomic mass is 9.97. The van der Waals surface area contributed by atoms with Crippen molar-refractivity contribution >= 4 is 39.1 Å². The zero-order chi connectivity index (χ0) is 16.6. The Bertz CT molecular complexity index is 975. The first kappa shape index (κ1) is 14.8. The van der Waals surface area contributed by atoms with Crippen LogP contribution < -0.4 is 0 Å². The fourth-order valence-corrected chi connectivity index (χ4v) is 2.56. The van der Waals surface area contributed by atoms with Crippen LogP contribution in [0, 0.1) is 5.82 Å². The van der Waals surface area contributed by atoms with Gasteiger partial charge in [-0.05, 0) is 28.3 Å². The van der Waals surface area contributed by atoms with Gasteiger partial charge in [-0.3, -0.25) is 9.59 Å². The highest BCUT2D eigenvalue weighted by Gasteiger charge is 2.18. The van der Waals surface area contributed by atoms with Crippen LogP contribution in [0.2, 0.25) is 0 Å². The van der Waals surface area contributed by atoms with E-state index in [1.54, 1.807) is 36.4 Å². The van der Waals surface area contributed by atoms with Gasteiger partial charge >= 0.3 is 5.97 Å². The largest absolute Gasteiger partial charge is 0.475 e. The van der Waals surface area contributed by atoms with Crippen LogP contribution in [0.5, 0.6) is 0 Å².